The van der Waals surface area contributed by atoms with Crippen molar-refractivity contribution in [1.29, 1.82) is 0 Å². The molecule has 5 nitrogen and oxygen atoms in total. The largest absolute Gasteiger partial charge is 0.330 e. The van der Waals surface area contributed by atoms with Crippen LogP contribution in [0.15, 0.2) is 60.0 Å². The van der Waals surface area contributed by atoms with E-state index in [0.717, 1.165) is 23.2 Å². The van der Waals surface area contributed by atoms with Gasteiger partial charge in [0.1, 0.15) is 6.04 Å². The molecule has 1 N–H and O–H groups in total. The highest BCUT2D eigenvalue weighted by molar-refractivity contribution is 7.14. The van der Waals surface area contributed by atoms with Crippen molar-refractivity contribution < 1.29 is 9.59 Å². The van der Waals surface area contributed by atoms with E-state index in [-0.39, 0.29) is 11.8 Å². The summed E-state index contributed by atoms with van der Waals surface area (Å²) in [7, 11) is 0. The van der Waals surface area contributed by atoms with Gasteiger partial charge >= 0.3 is 0 Å². The Labute approximate surface area is 178 Å². The second-order valence-corrected chi connectivity index (χ2v) is 8.24. The van der Waals surface area contributed by atoms with Gasteiger partial charge in [0.15, 0.2) is 5.13 Å². The van der Waals surface area contributed by atoms with E-state index in [1.807, 2.05) is 60.0 Å². The van der Waals surface area contributed by atoms with Gasteiger partial charge in [0.25, 0.3) is 0 Å². The summed E-state index contributed by atoms with van der Waals surface area (Å²) in [6.07, 6.45) is 1.80. The molecule has 1 unspecified atom stereocenters. The molecule has 1 atom stereocenters. The third-order valence-electron chi connectivity index (χ3n) is 4.95. The van der Waals surface area contributed by atoms with E-state index in [9.17, 15) is 9.59 Å². The summed E-state index contributed by atoms with van der Waals surface area (Å²) < 4.78 is 0. The summed E-state index contributed by atoms with van der Waals surface area (Å²) >= 11 is 7.30. The minimum absolute atomic E-state index is 0.0187. The fourth-order valence-electron chi connectivity index (χ4n) is 3.48. The zero-order chi connectivity index (χ0) is 20.2. The number of aromatic nitrogens is 1. The minimum atomic E-state index is -0.450. The molecule has 4 rings (SSSR count). The number of anilines is 1. The van der Waals surface area contributed by atoms with E-state index in [4.69, 9.17) is 11.6 Å². The molecule has 0 bridgehead atoms. The van der Waals surface area contributed by atoms with Crippen LogP contribution < -0.4 is 5.32 Å². The van der Waals surface area contributed by atoms with Crippen LogP contribution in [0.1, 0.15) is 18.4 Å². The Morgan fingerprint density at radius 2 is 1.90 bits per heavy atom. The summed E-state index contributed by atoms with van der Waals surface area (Å²) in [6, 6.07) is 16.6. The molecule has 1 aromatic heterocycles. The van der Waals surface area contributed by atoms with E-state index in [1.165, 1.54) is 11.3 Å². The first kappa shape index (κ1) is 19.6. The van der Waals surface area contributed by atoms with Crippen molar-refractivity contribution in [3.63, 3.8) is 0 Å². The molecule has 3 aromatic rings. The first-order valence-corrected chi connectivity index (χ1v) is 10.7. The number of nitrogens with zero attached hydrogens (tertiary/aromatic N) is 2. The summed E-state index contributed by atoms with van der Waals surface area (Å²) in [5.74, 6) is -0.198. The van der Waals surface area contributed by atoms with E-state index in [2.05, 4.69) is 10.3 Å². The maximum atomic E-state index is 12.8. The molecule has 1 aliphatic rings. The molecule has 2 heterocycles. The summed E-state index contributed by atoms with van der Waals surface area (Å²) in [5.41, 5.74) is 2.67. The lowest BCUT2D eigenvalue weighted by molar-refractivity contribution is -0.136. The third-order valence-corrected chi connectivity index (χ3v) is 5.96. The predicted octanol–water partition coefficient (Wildman–Crippen LogP) is 4.64. The fourth-order valence-corrected chi connectivity index (χ4v) is 4.33. The molecule has 2 aromatic carbocycles. The number of hydrogen-bond donors (Lipinski definition) is 1. The number of halogens is 1. The van der Waals surface area contributed by atoms with Crippen LogP contribution in [0.4, 0.5) is 5.13 Å². The van der Waals surface area contributed by atoms with E-state index in [1.54, 1.807) is 4.90 Å². The van der Waals surface area contributed by atoms with Gasteiger partial charge < -0.3 is 10.2 Å². The minimum Gasteiger partial charge on any atom is -0.330 e. The van der Waals surface area contributed by atoms with Gasteiger partial charge in [0.2, 0.25) is 11.8 Å². The molecule has 1 saturated heterocycles. The average molecular weight is 426 g/mol. The highest BCUT2D eigenvalue weighted by Gasteiger charge is 2.34. The number of likely N-dealkylation sites (tertiary alicyclic amines) is 1. The zero-order valence-electron chi connectivity index (χ0n) is 15.7. The van der Waals surface area contributed by atoms with Crippen molar-refractivity contribution >= 4 is 39.9 Å². The Bertz CT molecular complexity index is 1000. The molecule has 148 valence electrons. The van der Waals surface area contributed by atoms with Crippen molar-refractivity contribution in [2.45, 2.75) is 25.3 Å². The molecular formula is C22H20ClN3O2S. The second kappa shape index (κ2) is 8.76. The molecule has 0 saturated carbocycles. The van der Waals surface area contributed by atoms with Crippen LogP contribution in [0.3, 0.4) is 0 Å². The molecule has 1 aliphatic heterocycles. The van der Waals surface area contributed by atoms with Gasteiger partial charge in [-0.05, 0) is 30.5 Å². The Morgan fingerprint density at radius 1 is 1.14 bits per heavy atom. The number of nitrogens with one attached hydrogen (secondary N) is 1. The zero-order valence-corrected chi connectivity index (χ0v) is 17.2. The molecule has 29 heavy (non-hydrogen) atoms. The maximum absolute atomic E-state index is 12.8. The topological polar surface area (TPSA) is 62.3 Å². The summed E-state index contributed by atoms with van der Waals surface area (Å²) in [6.45, 7) is 0.609. The van der Waals surface area contributed by atoms with E-state index in [0.29, 0.717) is 29.5 Å². The Morgan fingerprint density at radius 3 is 2.66 bits per heavy atom. The number of thiazole rings is 1. The van der Waals surface area contributed by atoms with Crippen LogP contribution in [0, 0.1) is 0 Å². The standard InChI is InChI=1S/C22H20ClN3O2S/c23-17-10-8-16(9-11-17)18-14-29-22(24-18)25-21(28)19-7-4-12-26(19)20(27)13-15-5-2-1-3-6-15/h1-3,5-6,8-11,14,19H,4,7,12-13H2,(H,24,25,28). The van der Waals surface area contributed by atoms with Crippen LogP contribution in [-0.2, 0) is 16.0 Å². The van der Waals surface area contributed by atoms with Crippen LogP contribution in [0.25, 0.3) is 11.3 Å². The van der Waals surface area contributed by atoms with Gasteiger partial charge in [0, 0.05) is 22.5 Å². The second-order valence-electron chi connectivity index (χ2n) is 6.94. The van der Waals surface area contributed by atoms with Gasteiger partial charge in [-0.3, -0.25) is 9.59 Å². The van der Waals surface area contributed by atoms with Crippen LogP contribution in [0.5, 0.6) is 0 Å². The van der Waals surface area contributed by atoms with Crippen molar-refractivity contribution in [3.8, 4) is 11.3 Å². The molecular weight excluding hydrogens is 406 g/mol. The molecule has 1 fully saturated rings. The van der Waals surface area contributed by atoms with Crippen LogP contribution in [0.2, 0.25) is 5.02 Å². The Balaban J connectivity index is 1.41. The highest BCUT2D eigenvalue weighted by Crippen LogP contribution is 2.27. The lowest BCUT2D eigenvalue weighted by Gasteiger charge is -2.23. The van der Waals surface area contributed by atoms with Crippen molar-refractivity contribution in [1.82, 2.24) is 9.88 Å². The molecule has 0 spiro atoms. The van der Waals surface area contributed by atoms with Gasteiger partial charge in [-0.25, -0.2) is 4.98 Å². The smallest absolute Gasteiger partial charge is 0.248 e. The Hall–Kier alpha value is -2.70. The van der Waals surface area contributed by atoms with Crippen molar-refractivity contribution in [2.24, 2.45) is 0 Å². The number of hydrogen-bond acceptors (Lipinski definition) is 4. The summed E-state index contributed by atoms with van der Waals surface area (Å²) in [5, 5.41) is 5.97. The normalized spacial score (nSPS) is 16.0. The quantitative estimate of drug-likeness (QED) is 0.647. The van der Waals surface area contributed by atoms with Crippen LogP contribution in [-0.4, -0.2) is 34.3 Å². The molecule has 7 heteroatoms. The SMILES string of the molecule is O=C(Nc1nc(-c2ccc(Cl)cc2)cs1)C1CCCN1C(=O)Cc1ccccc1. The van der Waals surface area contributed by atoms with Crippen molar-refractivity contribution in [2.75, 3.05) is 11.9 Å². The predicted molar refractivity (Wildman–Crippen MR) is 116 cm³/mol. The highest BCUT2D eigenvalue weighted by atomic mass is 35.5. The van der Waals surface area contributed by atoms with Gasteiger partial charge in [-0.2, -0.15) is 0 Å². The first-order chi connectivity index (χ1) is 14.1. The van der Waals surface area contributed by atoms with Gasteiger partial charge in [-0.1, -0.05) is 54.1 Å². The fraction of sp³-hybridized carbons (Fsp3) is 0.227. The molecule has 0 aliphatic carbocycles. The number of carbonyl (C=O) groups excluding carboxylic acids is 2. The van der Waals surface area contributed by atoms with Gasteiger partial charge in [0.05, 0.1) is 12.1 Å². The lowest BCUT2D eigenvalue weighted by Crippen LogP contribution is -2.43. The maximum Gasteiger partial charge on any atom is 0.248 e. The number of benzene rings is 2. The third kappa shape index (κ3) is 4.66. The van der Waals surface area contributed by atoms with Gasteiger partial charge in [-0.15, -0.1) is 11.3 Å². The lowest BCUT2D eigenvalue weighted by atomic mass is 10.1. The van der Waals surface area contributed by atoms with Crippen LogP contribution >= 0.6 is 22.9 Å². The van der Waals surface area contributed by atoms with E-state index >= 15 is 0 Å². The number of carbonyl (C=O) groups is 2. The molecule has 2 amide bonds. The van der Waals surface area contributed by atoms with E-state index < -0.39 is 6.04 Å². The average Bonchev–Trinajstić information content (AvgIpc) is 3.39. The first-order valence-electron chi connectivity index (χ1n) is 9.46. The molecule has 0 radical (unpaired) electrons. The number of amides is 2. The Kier molecular flexibility index (Phi) is 5.92. The summed E-state index contributed by atoms with van der Waals surface area (Å²) in [4.78, 5) is 31.7. The monoisotopic (exact) mass is 425 g/mol. The number of rotatable bonds is 5. The van der Waals surface area contributed by atoms with Crippen molar-refractivity contribution in [3.05, 3.63) is 70.6 Å².